The Hall–Kier alpha value is -1.78. The minimum atomic E-state index is -1.38. The number of benzene rings is 1. The quantitative estimate of drug-likeness (QED) is 0.692. The highest BCUT2D eigenvalue weighted by atomic mass is 19.1. The zero-order valence-corrected chi connectivity index (χ0v) is 9.04. The third kappa shape index (κ3) is 1.68. The molecular weight excluding hydrogens is 215 g/mol. The normalized spacial score (nSPS) is 10.4. The average molecular weight is 228 g/mol. The van der Waals surface area contributed by atoms with E-state index in [1.807, 2.05) is 0 Å². The largest absolute Gasteiger partial charge is 0.504 e. The van der Waals surface area contributed by atoms with Gasteiger partial charge in [-0.15, -0.1) is 0 Å². The first kappa shape index (κ1) is 12.3. The molecule has 5 heteroatoms. The van der Waals surface area contributed by atoms with Crippen LogP contribution in [0.2, 0.25) is 0 Å². The molecule has 0 saturated heterocycles. The van der Waals surface area contributed by atoms with E-state index in [0.29, 0.717) is 0 Å². The van der Waals surface area contributed by atoms with Crippen LogP contribution in [0.5, 0.6) is 11.5 Å². The number of halogens is 1. The monoisotopic (exact) mass is 228 g/mol. The number of phenols is 2. The van der Waals surface area contributed by atoms with Crippen LogP contribution in [-0.4, -0.2) is 21.3 Å². The van der Waals surface area contributed by atoms with Crippen molar-refractivity contribution in [2.75, 3.05) is 0 Å². The van der Waals surface area contributed by atoms with Gasteiger partial charge < -0.3 is 15.3 Å². The molecule has 0 bridgehead atoms. The molecular formula is C11H13FO4. The lowest BCUT2D eigenvalue weighted by atomic mass is 9.95. The number of aromatic hydroxyl groups is 2. The fourth-order valence-electron chi connectivity index (χ4n) is 1.78. The molecule has 0 saturated carbocycles. The number of hydrogen-bond acceptors (Lipinski definition) is 3. The van der Waals surface area contributed by atoms with Crippen LogP contribution in [0.1, 0.15) is 35.3 Å². The third-order valence-corrected chi connectivity index (χ3v) is 2.52. The molecule has 3 N–H and O–H groups in total. The Kier molecular flexibility index (Phi) is 3.37. The second-order valence-electron chi connectivity index (χ2n) is 3.36. The predicted octanol–water partition coefficient (Wildman–Crippen LogP) is 2.06. The van der Waals surface area contributed by atoms with Crippen LogP contribution in [0.4, 0.5) is 4.39 Å². The molecule has 0 heterocycles. The fourth-order valence-corrected chi connectivity index (χ4v) is 1.78. The highest BCUT2D eigenvalue weighted by Gasteiger charge is 2.25. The lowest BCUT2D eigenvalue weighted by Crippen LogP contribution is -2.08. The number of phenolic OH excluding ortho intramolecular Hbond substituents is 1. The second-order valence-corrected chi connectivity index (χ2v) is 3.36. The van der Waals surface area contributed by atoms with Crippen LogP contribution < -0.4 is 0 Å². The van der Waals surface area contributed by atoms with E-state index in [9.17, 15) is 19.4 Å². The third-order valence-electron chi connectivity index (χ3n) is 2.52. The molecule has 1 rings (SSSR count). The van der Waals surface area contributed by atoms with Crippen molar-refractivity contribution in [1.82, 2.24) is 0 Å². The van der Waals surface area contributed by atoms with E-state index in [1.165, 1.54) is 0 Å². The molecule has 4 nitrogen and oxygen atoms in total. The van der Waals surface area contributed by atoms with Crippen LogP contribution in [0, 0.1) is 5.82 Å². The zero-order valence-electron chi connectivity index (χ0n) is 9.04. The molecule has 0 amide bonds. The molecule has 0 unspecified atom stereocenters. The van der Waals surface area contributed by atoms with Gasteiger partial charge >= 0.3 is 5.97 Å². The summed E-state index contributed by atoms with van der Waals surface area (Å²) >= 11 is 0. The van der Waals surface area contributed by atoms with Gasteiger partial charge in [0.05, 0.1) is 0 Å². The topological polar surface area (TPSA) is 77.8 Å². The number of rotatable bonds is 3. The van der Waals surface area contributed by atoms with E-state index in [0.717, 1.165) is 0 Å². The summed E-state index contributed by atoms with van der Waals surface area (Å²) in [6.07, 6.45) is 0.526. The summed E-state index contributed by atoms with van der Waals surface area (Å²) in [5, 5.41) is 27.6. The number of aromatic carboxylic acids is 1. The van der Waals surface area contributed by atoms with Crippen LogP contribution in [0.25, 0.3) is 0 Å². The van der Waals surface area contributed by atoms with Crippen molar-refractivity contribution in [2.24, 2.45) is 0 Å². The first-order valence-corrected chi connectivity index (χ1v) is 4.94. The van der Waals surface area contributed by atoms with Crippen LogP contribution in [0.3, 0.4) is 0 Å². The molecule has 0 radical (unpaired) electrons. The van der Waals surface area contributed by atoms with E-state index >= 15 is 0 Å². The SMILES string of the molecule is CCc1c(F)c(O)c(O)c(C(=O)O)c1CC. The Bertz CT molecular complexity index is 440. The van der Waals surface area contributed by atoms with E-state index in [4.69, 9.17) is 5.11 Å². The van der Waals surface area contributed by atoms with Crippen LogP contribution in [-0.2, 0) is 12.8 Å². The van der Waals surface area contributed by atoms with Crippen molar-refractivity contribution in [3.8, 4) is 11.5 Å². The number of carboxylic acids is 1. The summed E-state index contributed by atoms with van der Waals surface area (Å²) in [6.45, 7) is 3.32. The van der Waals surface area contributed by atoms with E-state index in [2.05, 4.69) is 0 Å². The first-order valence-electron chi connectivity index (χ1n) is 4.94. The minimum Gasteiger partial charge on any atom is -0.504 e. The van der Waals surface area contributed by atoms with E-state index in [-0.39, 0.29) is 24.0 Å². The highest BCUT2D eigenvalue weighted by molar-refractivity contribution is 5.94. The van der Waals surface area contributed by atoms with Crippen molar-refractivity contribution in [1.29, 1.82) is 0 Å². The lowest BCUT2D eigenvalue weighted by molar-refractivity contribution is 0.0691. The number of hydrogen-bond donors (Lipinski definition) is 3. The first-order chi connectivity index (χ1) is 7.45. The Labute approximate surface area is 92.0 Å². The Balaban J connectivity index is 3.72. The molecule has 0 spiro atoms. The van der Waals surface area contributed by atoms with Crippen LogP contribution in [0.15, 0.2) is 0 Å². The summed E-state index contributed by atoms with van der Waals surface area (Å²) in [4.78, 5) is 10.9. The van der Waals surface area contributed by atoms with Gasteiger partial charge in [0.2, 0.25) is 0 Å². The molecule has 88 valence electrons. The maximum atomic E-state index is 13.6. The minimum absolute atomic E-state index is 0.134. The Morgan fingerprint density at radius 2 is 1.62 bits per heavy atom. The maximum Gasteiger partial charge on any atom is 0.339 e. The maximum absolute atomic E-state index is 13.6. The zero-order chi connectivity index (χ0) is 12.5. The van der Waals surface area contributed by atoms with Crippen molar-refractivity contribution in [3.63, 3.8) is 0 Å². The molecule has 0 aliphatic rings. The molecule has 16 heavy (non-hydrogen) atoms. The van der Waals surface area contributed by atoms with Gasteiger partial charge in [0, 0.05) is 0 Å². The van der Waals surface area contributed by atoms with Crippen molar-refractivity contribution >= 4 is 5.97 Å². The smallest absolute Gasteiger partial charge is 0.339 e. The molecule has 0 aliphatic carbocycles. The summed E-state index contributed by atoms with van der Waals surface area (Å²) in [7, 11) is 0. The fraction of sp³-hybridized carbons (Fsp3) is 0.364. The second kappa shape index (κ2) is 4.38. The highest BCUT2D eigenvalue weighted by Crippen LogP contribution is 2.37. The van der Waals surface area contributed by atoms with Crippen molar-refractivity contribution in [2.45, 2.75) is 26.7 Å². The molecule has 1 aromatic carbocycles. The van der Waals surface area contributed by atoms with Gasteiger partial charge in [-0.05, 0) is 24.0 Å². The van der Waals surface area contributed by atoms with Gasteiger partial charge in [-0.1, -0.05) is 13.8 Å². The van der Waals surface area contributed by atoms with Gasteiger partial charge in [0.25, 0.3) is 0 Å². The number of carbonyl (C=O) groups is 1. The van der Waals surface area contributed by atoms with E-state index < -0.39 is 28.8 Å². The summed E-state index contributed by atoms with van der Waals surface area (Å²) in [5.41, 5.74) is -0.0590. The molecule has 1 aromatic rings. The molecule has 0 fully saturated rings. The summed E-state index contributed by atoms with van der Waals surface area (Å²) in [6, 6.07) is 0. The lowest BCUT2D eigenvalue weighted by Gasteiger charge is -2.14. The number of carboxylic acid groups (broad SMARTS) is 1. The molecule has 0 atom stereocenters. The van der Waals surface area contributed by atoms with E-state index in [1.54, 1.807) is 13.8 Å². The average Bonchev–Trinajstić information content (AvgIpc) is 2.24. The molecule has 0 aliphatic heterocycles. The predicted molar refractivity (Wildman–Crippen MR) is 55.4 cm³/mol. The van der Waals surface area contributed by atoms with Crippen molar-refractivity contribution in [3.05, 3.63) is 22.5 Å². The molecule has 0 aromatic heterocycles. The summed E-state index contributed by atoms with van der Waals surface area (Å²) < 4.78 is 13.6. The van der Waals surface area contributed by atoms with Gasteiger partial charge in [-0.3, -0.25) is 0 Å². The standard InChI is InChI=1S/C11H13FO4/c1-3-5-6(4-2)8(12)10(14)9(13)7(5)11(15)16/h13-14H,3-4H2,1-2H3,(H,15,16). The summed E-state index contributed by atoms with van der Waals surface area (Å²) in [5.74, 6) is -4.22. The Morgan fingerprint density at radius 3 is 2.00 bits per heavy atom. The van der Waals surface area contributed by atoms with Gasteiger partial charge in [0.1, 0.15) is 5.56 Å². The van der Waals surface area contributed by atoms with Crippen LogP contribution >= 0.6 is 0 Å². The van der Waals surface area contributed by atoms with Crippen molar-refractivity contribution < 1.29 is 24.5 Å². The van der Waals surface area contributed by atoms with Gasteiger partial charge in [-0.2, -0.15) is 0 Å². The van der Waals surface area contributed by atoms with Gasteiger partial charge in [-0.25, -0.2) is 9.18 Å². The Morgan fingerprint density at radius 1 is 1.12 bits per heavy atom. The van der Waals surface area contributed by atoms with Gasteiger partial charge in [0.15, 0.2) is 17.3 Å².